The van der Waals surface area contributed by atoms with Gasteiger partial charge in [-0.15, -0.1) is 0 Å². The summed E-state index contributed by atoms with van der Waals surface area (Å²) in [7, 11) is 0. The minimum absolute atomic E-state index is 0.0234. The van der Waals surface area contributed by atoms with Gasteiger partial charge < -0.3 is 5.11 Å². The number of unbranched alkanes of at least 4 members (excludes halogenated alkanes) is 8. The summed E-state index contributed by atoms with van der Waals surface area (Å²) in [4.78, 5) is 15.6. The molecule has 132 valence electrons. The maximum atomic E-state index is 11.2. The average Bonchev–Trinajstić information content (AvgIpc) is 2.89. The van der Waals surface area contributed by atoms with Crippen LogP contribution in [0.25, 0.3) is 0 Å². The highest BCUT2D eigenvalue weighted by molar-refractivity contribution is 5.81. The molecule has 0 aromatic heterocycles. The van der Waals surface area contributed by atoms with Crippen LogP contribution in [0.2, 0.25) is 0 Å². The zero-order valence-electron chi connectivity index (χ0n) is 14.8. The zero-order valence-corrected chi connectivity index (χ0v) is 14.8. The summed E-state index contributed by atoms with van der Waals surface area (Å²) in [5.41, 5.74) is 6.06. The van der Waals surface area contributed by atoms with Crippen LogP contribution in [0.3, 0.4) is 0 Å². The van der Waals surface area contributed by atoms with Gasteiger partial charge in [-0.25, -0.2) is 14.3 Å². The molecule has 1 aliphatic rings. The van der Waals surface area contributed by atoms with Crippen molar-refractivity contribution in [3.63, 3.8) is 0 Å². The van der Waals surface area contributed by atoms with E-state index >= 15 is 0 Å². The monoisotopic (exact) mass is 324 g/mol. The molecule has 0 radical (unpaired) electrons. The third kappa shape index (κ3) is 6.43. The Labute approximate surface area is 140 Å². The van der Waals surface area contributed by atoms with Crippen LogP contribution in [0.15, 0.2) is 17.4 Å². The molecule has 1 heterocycles. The number of aliphatic imine (C=N–C) groups is 1. The lowest BCUT2D eigenvalue weighted by molar-refractivity contribution is -0.805. The lowest BCUT2D eigenvalue weighted by Crippen LogP contribution is -2.59. The van der Waals surface area contributed by atoms with Crippen molar-refractivity contribution in [1.29, 1.82) is 0 Å². The fourth-order valence-electron chi connectivity index (χ4n) is 3.18. The van der Waals surface area contributed by atoms with Crippen molar-refractivity contribution in [2.75, 3.05) is 6.54 Å². The molecule has 2 atom stereocenters. The third-order valence-corrected chi connectivity index (χ3v) is 4.66. The molecule has 5 heteroatoms. The Kier molecular flexibility index (Phi) is 9.10. The van der Waals surface area contributed by atoms with Gasteiger partial charge >= 0.3 is 5.97 Å². The predicted molar refractivity (Wildman–Crippen MR) is 94.8 cm³/mol. The standard InChI is InChI=1S/C18H33N3O2/c1-3-4-5-6-7-8-9-10-11-12-17-20-13-14-21(17,16(2)19)15-18(22)23/h13-14,16H,3-12,15,19H2,1-2H3/p+1. The molecular weight excluding hydrogens is 290 g/mol. The van der Waals surface area contributed by atoms with Gasteiger partial charge in [0.25, 0.3) is 0 Å². The average molecular weight is 324 g/mol. The molecule has 0 fully saturated rings. The molecule has 0 aromatic carbocycles. The summed E-state index contributed by atoms with van der Waals surface area (Å²) in [6.45, 7) is 4.07. The molecule has 0 saturated heterocycles. The molecule has 0 aromatic rings. The molecule has 2 unspecified atom stereocenters. The van der Waals surface area contributed by atoms with Gasteiger partial charge in [0.05, 0.1) is 6.20 Å². The molecule has 23 heavy (non-hydrogen) atoms. The number of quaternary nitrogens is 1. The number of carbonyl (C=O) groups is 1. The Balaban J connectivity index is 2.27. The molecule has 1 rings (SSSR count). The fraction of sp³-hybridized carbons (Fsp3) is 0.778. The molecule has 0 saturated carbocycles. The minimum Gasteiger partial charge on any atom is -0.477 e. The Morgan fingerprint density at radius 3 is 2.26 bits per heavy atom. The van der Waals surface area contributed by atoms with Crippen LogP contribution < -0.4 is 5.73 Å². The third-order valence-electron chi connectivity index (χ3n) is 4.66. The van der Waals surface area contributed by atoms with Crippen molar-refractivity contribution < 1.29 is 14.4 Å². The van der Waals surface area contributed by atoms with Crippen molar-refractivity contribution >= 4 is 11.8 Å². The van der Waals surface area contributed by atoms with E-state index in [1.165, 1.54) is 51.4 Å². The highest BCUT2D eigenvalue weighted by Gasteiger charge is 2.40. The van der Waals surface area contributed by atoms with Crippen molar-refractivity contribution in [3.05, 3.63) is 12.4 Å². The van der Waals surface area contributed by atoms with E-state index < -0.39 is 5.97 Å². The number of carboxylic acids is 1. The van der Waals surface area contributed by atoms with E-state index in [-0.39, 0.29) is 17.2 Å². The van der Waals surface area contributed by atoms with Crippen molar-refractivity contribution in [1.82, 2.24) is 0 Å². The van der Waals surface area contributed by atoms with Crippen molar-refractivity contribution in [2.24, 2.45) is 10.7 Å². The number of hydrogen-bond donors (Lipinski definition) is 2. The summed E-state index contributed by atoms with van der Waals surface area (Å²) in [6.07, 6.45) is 15.6. The summed E-state index contributed by atoms with van der Waals surface area (Å²) in [5, 5.41) is 9.18. The summed E-state index contributed by atoms with van der Waals surface area (Å²) < 4.78 is 0.173. The number of hydrogen-bond acceptors (Lipinski definition) is 3. The van der Waals surface area contributed by atoms with Crippen LogP contribution in [0.1, 0.15) is 78.1 Å². The molecule has 5 nitrogen and oxygen atoms in total. The Morgan fingerprint density at radius 2 is 1.74 bits per heavy atom. The van der Waals surface area contributed by atoms with E-state index in [4.69, 9.17) is 5.73 Å². The van der Waals surface area contributed by atoms with Gasteiger partial charge in [0.15, 0.2) is 6.54 Å². The maximum absolute atomic E-state index is 11.2. The topological polar surface area (TPSA) is 75.7 Å². The maximum Gasteiger partial charge on any atom is 0.360 e. The molecule has 3 N–H and O–H groups in total. The normalized spacial score (nSPS) is 21.4. The Bertz CT molecular complexity index is 418. The van der Waals surface area contributed by atoms with E-state index in [1.54, 1.807) is 6.20 Å². The second-order valence-corrected chi connectivity index (χ2v) is 6.64. The van der Waals surface area contributed by atoms with Gasteiger partial charge in [0, 0.05) is 13.3 Å². The van der Waals surface area contributed by atoms with E-state index in [0.717, 1.165) is 18.7 Å². The van der Waals surface area contributed by atoms with Crippen LogP contribution in [0, 0.1) is 0 Å². The Morgan fingerprint density at radius 1 is 1.17 bits per heavy atom. The molecule has 0 amide bonds. The SMILES string of the molecule is CCCCCCCCCCCC1=NC=C[N+]1(CC(=O)O)C(C)N. The smallest absolute Gasteiger partial charge is 0.360 e. The molecular formula is C18H34N3O2+. The first kappa shape index (κ1) is 19.8. The van der Waals surface area contributed by atoms with Gasteiger partial charge in [-0.05, 0) is 6.42 Å². The van der Waals surface area contributed by atoms with E-state index in [9.17, 15) is 9.90 Å². The van der Waals surface area contributed by atoms with Gasteiger partial charge in [0.1, 0.15) is 12.4 Å². The highest BCUT2D eigenvalue weighted by Crippen LogP contribution is 2.23. The number of carboxylic acid groups (broad SMARTS) is 1. The molecule has 1 aliphatic heterocycles. The lowest BCUT2D eigenvalue weighted by Gasteiger charge is -2.34. The molecule has 0 spiro atoms. The van der Waals surface area contributed by atoms with E-state index in [0.29, 0.717) is 0 Å². The van der Waals surface area contributed by atoms with Crippen LogP contribution in [-0.4, -0.2) is 34.1 Å². The summed E-state index contributed by atoms with van der Waals surface area (Å²) in [5.74, 6) is 0.0546. The second kappa shape index (κ2) is 10.6. The Hall–Kier alpha value is -1.20. The van der Waals surface area contributed by atoms with Crippen molar-refractivity contribution in [2.45, 2.75) is 84.2 Å². The highest BCUT2D eigenvalue weighted by atomic mass is 16.4. The number of nitrogens with two attached hydrogens (primary N) is 1. The first-order chi connectivity index (χ1) is 11.0. The van der Waals surface area contributed by atoms with Gasteiger partial charge in [-0.1, -0.05) is 58.3 Å². The zero-order chi connectivity index (χ0) is 17.1. The number of nitrogens with zero attached hydrogens (tertiary/aromatic N) is 2. The summed E-state index contributed by atoms with van der Waals surface area (Å²) >= 11 is 0. The predicted octanol–water partition coefficient (Wildman–Crippen LogP) is 4.00. The first-order valence-corrected chi connectivity index (χ1v) is 9.12. The molecule has 0 bridgehead atoms. The quantitative estimate of drug-likeness (QED) is 0.397. The van der Waals surface area contributed by atoms with Crippen LogP contribution >= 0.6 is 0 Å². The minimum atomic E-state index is -0.839. The van der Waals surface area contributed by atoms with Gasteiger partial charge in [-0.2, -0.15) is 0 Å². The summed E-state index contributed by atoms with van der Waals surface area (Å²) in [6, 6.07) is 0. The van der Waals surface area contributed by atoms with Gasteiger partial charge in [-0.3, -0.25) is 5.73 Å². The van der Waals surface area contributed by atoms with E-state index in [1.807, 2.05) is 13.1 Å². The van der Waals surface area contributed by atoms with Crippen LogP contribution in [0.5, 0.6) is 0 Å². The van der Waals surface area contributed by atoms with Crippen LogP contribution in [-0.2, 0) is 4.79 Å². The van der Waals surface area contributed by atoms with Crippen molar-refractivity contribution in [3.8, 4) is 0 Å². The van der Waals surface area contributed by atoms with Gasteiger partial charge in [0.2, 0.25) is 5.84 Å². The fourth-order valence-corrected chi connectivity index (χ4v) is 3.18. The second-order valence-electron chi connectivity index (χ2n) is 6.64. The number of rotatable bonds is 13. The largest absolute Gasteiger partial charge is 0.477 e. The molecule has 0 aliphatic carbocycles. The lowest BCUT2D eigenvalue weighted by atomic mass is 10.1. The van der Waals surface area contributed by atoms with E-state index in [2.05, 4.69) is 11.9 Å². The first-order valence-electron chi connectivity index (χ1n) is 9.12. The number of aliphatic carboxylic acids is 1. The van der Waals surface area contributed by atoms with Crippen LogP contribution in [0.4, 0.5) is 0 Å². The number of amidine groups is 1.